The van der Waals surface area contributed by atoms with Gasteiger partial charge in [0, 0.05) is 16.8 Å². The predicted molar refractivity (Wildman–Crippen MR) is 88.1 cm³/mol. The van der Waals surface area contributed by atoms with Crippen LogP contribution in [0.25, 0.3) is 22.6 Å². The van der Waals surface area contributed by atoms with Crippen molar-refractivity contribution in [3.05, 3.63) is 68.5 Å². The molecule has 0 aliphatic heterocycles. The second kappa shape index (κ2) is 6.33. The van der Waals surface area contributed by atoms with Gasteiger partial charge in [-0.3, -0.25) is 14.9 Å². The van der Waals surface area contributed by atoms with Gasteiger partial charge in [0.25, 0.3) is 5.56 Å². The van der Waals surface area contributed by atoms with Crippen LogP contribution in [0.3, 0.4) is 0 Å². The fraction of sp³-hybridized carbons (Fsp3) is 0.0588. The molecule has 124 valence electrons. The molecule has 1 N–H and O–H groups in total. The number of furan rings is 1. The third kappa shape index (κ3) is 2.98. The Morgan fingerprint density at radius 1 is 1.28 bits per heavy atom. The van der Waals surface area contributed by atoms with Crippen LogP contribution >= 0.6 is 0 Å². The van der Waals surface area contributed by atoms with Gasteiger partial charge in [0.15, 0.2) is 0 Å². The van der Waals surface area contributed by atoms with Crippen molar-refractivity contribution < 1.29 is 14.1 Å². The second-order valence-corrected chi connectivity index (χ2v) is 5.04. The van der Waals surface area contributed by atoms with Gasteiger partial charge < -0.3 is 14.1 Å². The molecule has 2 heterocycles. The molecule has 0 bridgehead atoms. The highest BCUT2D eigenvalue weighted by Crippen LogP contribution is 2.30. The molecule has 0 unspecified atom stereocenters. The van der Waals surface area contributed by atoms with Crippen molar-refractivity contribution in [2.75, 3.05) is 7.11 Å². The van der Waals surface area contributed by atoms with Gasteiger partial charge in [-0.25, -0.2) is 0 Å². The first-order chi connectivity index (χ1) is 12.0. The Labute approximate surface area is 141 Å². The van der Waals surface area contributed by atoms with Crippen LogP contribution in [0.5, 0.6) is 5.75 Å². The van der Waals surface area contributed by atoms with Gasteiger partial charge in [-0.2, -0.15) is 5.26 Å². The molecular weight excluding hydrogens is 326 g/mol. The Morgan fingerprint density at radius 3 is 2.72 bits per heavy atom. The molecule has 0 saturated heterocycles. The zero-order chi connectivity index (χ0) is 18.0. The molecule has 3 aromatic rings. The zero-order valence-electron chi connectivity index (χ0n) is 13.0. The average molecular weight is 337 g/mol. The van der Waals surface area contributed by atoms with Crippen molar-refractivity contribution in [1.82, 2.24) is 4.98 Å². The number of aromatic nitrogens is 1. The monoisotopic (exact) mass is 337 g/mol. The highest BCUT2D eigenvalue weighted by atomic mass is 16.6. The minimum Gasteiger partial charge on any atom is -0.497 e. The first kappa shape index (κ1) is 16.0. The summed E-state index contributed by atoms with van der Waals surface area (Å²) in [5.41, 5.74) is 0.463. The molecule has 3 rings (SSSR count). The van der Waals surface area contributed by atoms with Crippen LogP contribution in [0, 0.1) is 21.4 Å². The number of benzene rings is 1. The summed E-state index contributed by atoms with van der Waals surface area (Å²) in [4.78, 5) is 25.0. The van der Waals surface area contributed by atoms with E-state index in [1.807, 2.05) is 0 Å². The largest absolute Gasteiger partial charge is 0.497 e. The van der Waals surface area contributed by atoms with E-state index in [1.54, 1.807) is 30.3 Å². The van der Waals surface area contributed by atoms with Crippen molar-refractivity contribution in [3.8, 4) is 34.4 Å². The molecule has 0 saturated carbocycles. The molecule has 0 spiro atoms. The zero-order valence-corrected chi connectivity index (χ0v) is 13.0. The lowest BCUT2D eigenvalue weighted by atomic mass is 10.0. The summed E-state index contributed by atoms with van der Waals surface area (Å²) in [5.74, 6) is 0.193. The Bertz CT molecular complexity index is 1060. The standard InChI is InChI=1S/C17H11N3O5/c1-24-11-4-2-3-10(7-11)14-8-12(13(9-18)17(21)19-14)15-5-6-16(25-15)20(22)23/h2-8H,1H3,(H,19,21). The second-order valence-electron chi connectivity index (χ2n) is 5.04. The number of methoxy groups -OCH3 is 1. The summed E-state index contributed by atoms with van der Waals surface area (Å²) in [5, 5.41) is 20.0. The molecule has 25 heavy (non-hydrogen) atoms. The molecule has 0 radical (unpaired) electrons. The maximum absolute atomic E-state index is 12.2. The van der Waals surface area contributed by atoms with E-state index < -0.39 is 16.4 Å². The summed E-state index contributed by atoms with van der Waals surface area (Å²) in [6, 6.07) is 12.8. The van der Waals surface area contributed by atoms with Gasteiger partial charge in [-0.15, -0.1) is 0 Å². The van der Waals surface area contributed by atoms with E-state index in [1.165, 1.54) is 25.3 Å². The van der Waals surface area contributed by atoms with Crippen LogP contribution in [0.4, 0.5) is 5.88 Å². The molecule has 0 atom stereocenters. The summed E-state index contributed by atoms with van der Waals surface area (Å²) < 4.78 is 10.3. The average Bonchev–Trinajstić information content (AvgIpc) is 3.11. The summed E-state index contributed by atoms with van der Waals surface area (Å²) in [6.45, 7) is 0. The molecular formula is C17H11N3O5. The fourth-order valence-corrected chi connectivity index (χ4v) is 2.38. The van der Waals surface area contributed by atoms with Crippen LogP contribution < -0.4 is 10.3 Å². The SMILES string of the molecule is COc1cccc(-c2cc(-c3ccc([N+](=O)[O-])o3)c(C#N)c(=O)[nH]2)c1. The van der Waals surface area contributed by atoms with Gasteiger partial charge in [-0.1, -0.05) is 12.1 Å². The van der Waals surface area contributed by atoms with Gasteiger partial charge >= 0.3 is 5.88 Å². The smallest absolute Gasteiger partial charge is 0.433 e. The number of ether oxygens (including phenoxy) is 1. The van der Waals surface area contributed by atoms with Gasteiger partial charge in [0.05, 0.1) is 13.2 Å². The number of aromatic amines is 1. The Morgan fingerprint density at radius 2 is 2.08 bits per heavy atom. The van der Waals surface area contributed by atoms with E-state index in [-0.39, 0.29) is 16.9 Å². The number of nitro groups is 1. The van der Waals surface area contributed by atoms with Gasteiger partial charge in [0.1, 0.15) is 28.1 Å². The maximum atomic E-state index is 12.2. The normalized spacial score (nSPS) is 10.2. The number of nitrogens with one attached hydrogen (secondary N) is 1. The van der Waals surface area contributed by atoms with E-state index in [0.29, 0.717) is 17.0 Å². The van der Waals surface area contributed by atoms with Crippen LogP contribution in [-0.2, 0) is 0 Å². The number of nitriles is 1. The number of rotatable bonds is 4. The number of hydrogen-bond acceptors (Lipinski definition) is 6. The number of nitrogens with zero attached hydrogens (tertiary/aromatic N) is 2. The first-order valence-electron chi connectivity index (χ1n) is 7.10. The van der Waals surface area contributed by atoms with Crippen molar-refractivity contribution in [3.63, 3.8) is 0 Å². The lowest BCUT2D eigenvalue weighted by molar-refractivity contribution is -0.401. The van der Waals surface area contributed by atoms with E-state index in [0.717, 1.165) is 0 Å². The highest BCUT2D eigenvalue weighted by molar-refractivity contribution is 5.73. The molecule has 0 aliphatic carbocycles. The highest BCUT2D eigenvalue weighted by Gasteiger charge is 2.19. The maximum Gasteiger partial charge on any atom is 0.433 e. The van der Waals surface area contributed by atoms with E-state index in [2.05, 4.69) is 4.98 Å². The number of H-pyrrole nitrogens is 1. The van der Waals surface area contributed by atoms with E-state index in [4.69, 9.17) is 9.15 Å². The minimum atomic E-state index is -0.689. The fourth-order valence-electron chi connectivity index (χ4n) is 2.38. The van der Waals surface area contributed by atoms with Crippen molar-refractivity contribution >= 4 is 5.88 Å². The molecule has 1 aromatic carbocycles. The molecule has 0 amide bonds. The summed E-state index contributed by atoms with van der Waals surface area (Å²) >= 11 is 0. The molecule has 0 aliphatic rings. The van der Waals surface area contributed by atoms with Crippen molar-refractivity contribution in [1.29, 1.82) is 5.26 Å². The van der Waals surface area contributed by atoms with Crippen LogP contribution in [0.1, 0.15) is 5.56 Å². The van der Waals surface area contributed by atoms with E-state index >= 15 is 0 Å². The minimum absolute atomic E-state index is 0.0681. The Hall–Kier alpha value is -3.86. The summed E-state index contributed by atoms with van der Waals surface area (Å²) in [6.07, 6.45) is 0. The molecule has 8 nitrogen and oxygen atoms in total. The van der Waals surface area contributed by atoms with Crippen molar-refractivity contribution in [2.24, 2.45) is 0 Å². The van der Waals surface area contributed by atoms with Gasteiger partial charge in [-0.05, 0) is 24.3 Å². The third-order valence-corrected chi connectivity index (χ3v) is 3.56. The van der Waals surface area contributed by atoms with Crippen molar-refractivity contribution in [2.45, 2.75) is 0 Å². The summed E-state index contributed by atoms with van der Waals surface area (Å²) in [7, 11) is 1.52. The molecule has 0 fully saturated rings. The van der Waals surface area contributed by atoms with Crippen LogP contribution in [0.15, 0.2) is 51.7 Å². The van der Waals surface area contributed by atoms with Crippen LogP contribution in [-0.4, -0.2) is 17.0 Å². The van der Waals surface area contributed by atoms with Gasteiger partial charge in [0.2, 0.25) is 0 Å². The first-order valence-corrected chi connectivity index (χ1v) is 7.10. The molecule has 2 aromatic heterocycles. The number of hydrogen-bond donors (Lipinski definition) is 1. The van der Waals surface area contributed by atoms with E-state index in [9.17, 15) is 20.2 Å². The van der Waals surface area contributed by atoms with Crippen LogP contribution in [0.2, 0.25) is 0 Å². The topological polar surface area (TPSA) is 122 Å². The quantitative estimate of drug-likeness (QED) is 0.576. The Kier molecular flexibility index (Phi) is 4.05. The lowest BCUT2D eigenvalue weighted by Crippen LogP contribution is -2.12. The Balaban J connectivity index is 2.20. The number of pyridine rings is 1. The predicted octanol–water partition coefficient (Wildman–Crippen LogP) is 3.09. The third-order valence-electron chi connectivity index (χ3n) is 3.56. The lowest BCUT2D eigenvalue weighted by Gasteiger charge is -2.07. The molecule has 8 heteroatoms.